The van der Waals surface area contributed by atoms with Crippen LogP contribution >= 0.6 is 0 Å². The Labute approximate surface area is 373 Å². The Kier molecular flexibility index (Phi) is 48.6. The first-order valence-electron chi connectivity index (χ1n) is 26.6. The van der Waals surface area contributed by atoms with Gasteiger partial charge in [-0.2, -0.15) is 0 Å². The van der Waals surface area contributed by atoms with E-state index in [2.05, 4.69) is 31.3 Å². The molecule has 0 aliphatic carbocycles. The summed E-state index contributed by atoms with van der Waals surface area (Å²) in [5, 5.41) is 23.0. The molecule has 2 unspecified atom stereocenters. The van der Waals surface area contributed by atoms with Crippen LogP contribution in [0.3, 0.4) is 0 Å². The van der Waals surface area contributed by atoms with Crippen molar-refractivity contribution in [3.63, 3.8) is 0 Å². The van der Waals surface area contributed by atoms with E-state index in [0.717, 1.165) is 64.2 Å². The summed E-state index contributed by atoms with van der Waals surface area (Å²) >= 11 is 0. The van der Waals surface area contributed by atoms with E-state index in [9.17, 15) is 19.8 Å². The van der Waals surface area contributed by atoms with E-state index in [-0.39, 0.29) is 18.5 Å². The Morgan fingerprint density at radius 2 is 0.783 bits per heavy atom. The zero-order valence-electron chi connectivity index (χ0n) is 40.2. The SMILES string of the molecule is CCCCCCCCCCC/C=C/C(O)C(CO)NC(=O)CCCCCCC/C=C\CCCCCCCCCOC(=O)CCCCCCCCCCCCCCCCCC. The number of allylic oxidation sites excluding steroid dienone is 3. The minimum atomic E-state index is -0.853. The van der Waals surface area contributed by atoms with Crippen LogP contribution in [-0.2, 0) is 14.3 Å². The van der Waals surface area contributed by atoms with E-state index in [0.29, 0.717) is 19.4 Å². The number of nitrogens with one attached hydrogen (secondary N) is 1. The van der Waals surface area contributed by atoms with E-state index < -0.39 is 12.1 Å². The van der Waals surface area contributed by atoms with Crippen molar-refractivity contribution in [3.8, 4) is 0 Å². The van der Waals surface area contributed by atoms with Crippen molar-refractivity contribution in [2.75, 3.05) is 13.2 Å². The molecule has 6 nitrogen and oxygen atoms in total. The second-order valence-electron chi connectivity index (χ2n) is 18.2. The van der Waals surface area contributed by atoms with Crippen molar-refractivity contribution in [3.05, 3.63) is 24.3 Å². The van der Waals surface area contributed by atoms with Crippen LogP contribution in [0.4, 0.5) is 0 Å². The number of carbonyl (C=O) groups is 2. The van der Waals surface area contributed by atoms with Crippen LogP contribution in [0.15, 0.2) is 24.3 Å². The van der Waals surface area contributed by atoms with Crippen LogP contribution in [-0.4, -0.2) is 47.4 Å². The minimum absolute atomic E-state index is 0.000835. The van der Waals surface area contributed by atoms with Gasteiger partial charge >= 0.3 is 5.97 Å². The summed E-state index contributed by atoms with van der Waals surface area (Å²) in [4.78, 5) is 24.4. The number of aliphatic hydroxyl groups is 2. The van der Waals surface area contributed by atoms with E-state index in [1.807, 2.05) is 6.08 Å². The summed E-state index contributed by atoms with van der Waals surface area (Å²) in [6.07, 6.45) is 59.0. The highest BCUT2D eigenvalue weighted by molar-refractivity contribution is 5.76. The van der Waals surface area contributed by atoms with Gasteiger partial charge in [0.2, 0.25) is 5.91 Å². The predicted molar refractivity (Wildman–Crippen MR) is 260 cm³/mol. The molecular weight excluding hydrogens is 743 g/mol. The van der Waals surface area contributed by atoms with Gasteiger partial charge in [-0.1, -0.05) is 237 Å². The lowest BCUT2D eigenvalue weighted by atomic mass is 10.0. The highest BCUT2D eigenvalue weighted by Crippen LogP contribution is 2.16. The maximum absolute atomic E-state index is 12.4. The number of ether oxygens (including phenoxy) is 1. The zero-order valence-corrected chi connectivity index (χ0v) is 40.2. The number of aliphatic hydroxyl groups excluding tert-OH is 2. The van der Waals surface area contributed by atoms with Gasteiger partial charge in [-0.3, -0.25) is 9.59 Å². The van der Waals surface area contributed by atoms with Crippen LogP contribution < -0.4 is 5.32 Å². The molecule has 0 heterocycles. The summed E-state index contributed by atoms with van der Waals surface area (Å²) in [6, 6.07) is -0.638. The molecular formula is C54H103NO5. The number of carbonyl (C=O) groups excluding carboxylic acids is 2. The van der Waals surface area contributed by atoms with Crippen LogP contribution in [0.1, 0.15) is 284 Å². The van der Waals surface area contributed by atoms with Crippen molar-refractivity contribution in [1.29, 1.82) is 0 Å². The van der Waals surface area contributed by atoms with Crippen LogP contribution in [0.5, 0.6) is 0 Å². The van der Waals surface area contributed by atoms with Crippen LogP contribution in [0.25, 0.3) is 0 Å². The molecule has 0 saturated heterocycles. The Balaban J connectivity index is 3.46. The molecule has 6 heteroatoms. The average molecular weight is 846 g/mol. The van der Waals surface area contributed by atoms with Crippen molar-refractivity contribution in [2.45, 2.75) is 296 Å². The summed E-state index contributed by atoms with van der Waals surface area (Å²) < 4.78 is 5.47. The molecule has 354 valence electrons. The van der Waals surface area contributed by atoms with Crippen molar-refractivity contribution >= 4 is 11.9 Å². The fourth-order valence-corrected chi connectivity index (χ4v) is 8.10. The molecule has 0 aliphatic rings. The first-order chi connectivity index (χ1) is 29.5. The normalized spacial score (nSPS) is 12.8. The topological polar surface area (TPSA) is 95.9 Å². The Morgan fingerprint density at radius 1 is 0.450 bits per heavy atom. The highest BCUT2D eigenvalue weighted by Gasteiger charge is 2.18. The third-order valence-corrected chi connectivity index (χ3v) is 12.2. The number of esters is 1. The van der Waals surface area contributed by atoms with Gasteiger partial charge in [0.1, 0.15) is 0 Å². The van der Waals surface area contributed by atoms with Crippen LogP contribution in [0.2, 0.25) is 0 Å². The fraction of sp³-hybridized carbons (Fsp3) is 0.889. The van der Waals surface area contributed by atoms with Gasteiger partial charge in [0.15, 0.2) is 0 Å². The van der Waals surface area contributed by atoms with E-state index in [4.69, 9.17) is 4.74 Å². The van der Waals surface area contributed by atoms with Gasteiger partial charge in [0, 0.05) is 12.8 Å². The summed E-state index contributed by atoms with van der Waals surface area (Å²) in [5.74, 6) is -0.0871. The Bertz CT molecular complexity index is 935. The largest absolute Gasteiger partial charge is 0.466 e. The molecule has 0 bridgehead atoms. The molecule has 0 fully saturated rings. The number of unbranched alkanes of at least 4 members (excludes halogenated alkanes) is 36. The molecule has 0 radical (unpaired) electrons. The van der Waals surface area contributed by atoms with Crippen LogP contribution in [0, 0.1) is 0 Å². The average Bonchev–Trinajstić information content (AvgIpc) is 3.25. The quantitative estimate of drug-likeness (QED) is 0.0322. The Morgan fingerprint density at radius 3 is 1.18 bits per heavy atom. The van der Waals surface area contributed by atoms with Crippen molar-refractivity contribution in [1.82, 2.24) is 5.32 Å². The van der Waals surface area contributed by atoms with Gasteiger partial charge in [0.05, 0.1) is 25.4 Å². The predicted octanol–water partition coefficient (Wildman–Crippen LogP) is 15.9. The number of hydrogen-bond acceptors (Lipinski definition) is 5. The van der Waals surface area contributed by atoms with E-state index in [1.165, 1.54) is 193 Å². The third-order valence-electron chi connectivity index (χ3n) is 12.2. The number of rotatable bonds is 49. The van der Waals surface area contributed by atoms with Gasteiger partial charge in [-0.15, -0.1) is 0 Å². The molecule has 0 spiro atoms. The molecule has 0 rings (SSSR count). The number of hydrogen-bond donors (Lipinski definition) is 3. The minimum Gasteiger partial charge on any atom is -0.466 e. The standard InChI is InChI=1S/C54H103NO5/c1-3-5-7-9-11-13-15-16-17-21-24-28-32-36-40-44-48-54(59)60-49-45-41-37-33-29-25-22-19-18-20-23-27-31-35-39-43-47-53(58)55-51(50-56)52(57)46-42-38-34-30-26-14-12-10-8-6-4-2/h18,20,42,46,51-52,56-57H,3-17,19,21-41,43-45,47-50H2,1-2H3,(H,55,58)/b20-18-,46-42+. The van der Waals surface area contributed by atoms with E-state index >= 15 is 0 Å². The summed E-state index contributed by atoms with van der Waals surface area (Å²) in [6.45, 7) is 4.87. The second kappa shape index (κ2) is 50.0. The second-order valence-corrected chi connectivity index (χ2v) is 18.2. The lowest BCUT2D eigenvalue weighted by Crippen LogP contribution is -2.45. The third kappa shape index (κ3) is 45.9. The monoisotopic (exact) mass is 846 g/mol. The van der Waals surface area contributed by atoms with Gasteiger partial charge in [-0.05, 0) is 57.8 Å². The lowest BCUT2D eigenvalue weighted by molar-refractivity contribution is -0.143. The highest BCUT2D eigenvalue weighted by atomic mass is 16.5. The first-order valence-corrected chi connectivity index (χ1v) is 26.6. The Hall–Kier alpha value is -1.66. The summed E-state index contributed by atoms with van der Waals surface area (Å²) in [7, 11) is 0. The lowest BCUT2D eigenvalue weighted by Gasteiger charge is -2.20. The molecule has 0 aromatic rings. The van der Waals surface area contributed by atoms with Crippen molar-refractivity contribution < 1.29 is 24.5 Å². The smallest absolute Gasteiger partial charge is 0.305 e. The van der Waals surface area contributed by atoms with Gasteiger partial charge < -0.3 is 20.3 Å². The molecule has 0 aromatic carbocycles. The van der Waals surface area contributed by atoms with Crippen molar-refractivity contribution in [2.24, 2.45) is 0 Å². The van der Waals surface area contributed by atoms with E-state index in [1.54, 1.807) is 6.08 Å². The first kappa shape index (κ1) is 58.3. The summed E-state index contributed by atoms with van der Waals surface area (Å²) in [5.41, 5.74) is 0. The molecule has 0 saturated carbocycles. The molecule has 0 aromatic heterocycles. The molecule has 60 heavy (non-hydrogen) atoms. The molecule has 2 atom stereocenters. The fourth-order valence-electron chi connectivity index (χ4n) is 8.10. The van der Waals surface area contributed by atoms with Gasteiger partial charge in [0.25, 0.3) is 0 Å². The maximum atomic E-state index is 12.4. The molecule has 3 N–H and O–H groups in total. The van der Waals surface area contributed by atoms with Gasteiger partial charge in [-0.25, -0.2) is 0 Å². The zero-order chi connectivity index (χ0) is 43.7. The molecule has 1 amide bonds. The maximum Gasteiger partial charge on any atom is 0.305 e. The number of amides is 1. The molecule has 0 aliphatic heterocycles.